The van der Waals surface area contributed by atoms with Gasteiger partial charge in [0.1, 0.15) is 0 Å². The number of hydrazone groups is 1. The molecule has 0 fully saturated rings. The number of carbonyl (C=O) groups excluding carboxylic acids is 1. The molecule has 2 rings (SSSR count). The van der Waals surface area contributed by atoms with Gasteiger partial charge in [-0.05, 0) is 41.1 Å². The summed E-state index contributed by atoms with van der Waals surface area (Å²) in [5, 5.41) is 17.6. The molecule has 0 bridgehead atoms. The lowest BCUT2D eigenvalue weighted by molar-refractivity contribution is -0.385. The molecule has 2 aromatic rings. The Balaban J connectivity index is 1.87. The maximum atomic E-state index is 11.7. The van der Waals surface area contributed by atoms with E-state index in [2.05, 4.69) is 31.8 Å². The minimum absolute atomic E-state index is 0.0636. The van der Waals surface area contributed by atoms with Crippen LogP contribution in [-0.2, 0) is 4.79 Å². The van der Waals surface area contributed by atoms with Crippen LogP contribution >= 0.6 is 15.9 Å². The second kappa shape index (κ2) is 8.21. The van der Waals surface area contributed by atoms with E-state index < -0.39 is 4.92 Å². The number of hydrogen-bond acceptors (Lipinski definition) is 5. The fourth-order valence-electron chi connectivity index (χ4n) is 1.82. The fourth-order valence-corrected chi connectivity index (χ4v) is 2.21. The van der Waals surface area contributed by atoms with Gasteiger partial charge < -0.3 is 5.32 Å². The van der Waals surface area contributed by atoms with Gasteiger partial charge in [-0.25, -0.2) is 5.43 Å². The molecule has 2 N–H and O–H groups in total. The zero-order chi connectivity index (χ0) is 17.5. The van der Waals surface area contributed by atoms with E-state index in [0.29, 0.717) is 10.0 Å². The molecule has 0 aliphatic carbocycles. The van der Waals surface area contributed by atoms with Gasteiger partial charge in [-0.15, -0.1) is 0 Å². The van der Waals surface area contributed by atoms with Gasteiger partial charge in [-0.1, -0.05) is 23.8 Å². The second-order valence-corrected chi connectivity index (χ2v) is 5.84. The van der Waals surface area contributed by atoms with Crippen molar-refractivity contribution in [3.05, 3.63) is 68.2 Å². The third-order valence-electron chi connectivity index (χ3n) is 3.07. The van der Waals surface area contributed by atoms with Crippen molar-refractivity contribution in [3.8, 4) is 0 Å². The average molecular weight is 391 g/mol. The normalized spacial score (nSPS) is 10.6. The Kier molecular flexibility index (Phi) is 6.02. The van der Waals surface area contributed by atoms with Crippen LogP contribution in [0.4, 0.5) is 11.4 Å². The van der Waals surface area contributed by atoms with E-state index >= 15 is 0 Å². The number of nitro benzene ring substituents is 1. The maximum absolute atomic E-state index is 11.7. The summed E-state index contributed by atoms with van der Waals surface area (Å²) in [5.74, 6) is -0.321. The lowest BCUT2D eigenvalue weighted by Crippen LogP contribution is -2.25. The monoisotopic (exact) mass is 390 g/mol. The molecule has 7 nitrogen and oxygen atoms in total. The van der Waals surface area contributed by atoms with Crippen molar-refractivity contribution < 1.29 is 9.72 Å². The Labute approximate surface area is 147 Å². The quantitative estimate of drug-likeness (QED) is 0.449. The molecule has 0 unspecified atom stereocenters. The summed E-state index contributed by atoms with van der Waals surface area (Å²) in [6, 6.07) is 12.2. The molecule has 0 aromatic heterocycles. The zero-order valence-corrected chi connectivity index (χ0v) is 14.4. The maximum Gasteiger partial charge on any atom is 0.284 e. The number of benzene rings is 2. The summed E-state index contributed by atoms with van der Waals surface area (Å²) in [6.45, 7) is 2.05. The molecule has 2 aromatic carbocycles. The number of nitrogens with zero attached hydrogens (tertiary/aromatic N) is 2. The summed E-state index contributed by atoms with van der Waals surface area (Å²) in [6.07, 6.45) is 1.35. The average Bonchev–Trinajstić information content (AvgIpc) is 2.55. The van der Waals surface area contributed by atoms with Crippen LogP contribution in [-0.4, -0.2) is 23.6 Å². The van der Waals surface area contributed by atoms with E-state index in [4.69, 9.17) is 0 Å². The van der Waals surface area contributed by atoms with Crippen LogP contribution in [0, 0.1) is 17.0 Å². The number of carbonyl (C=O) groups is 1. The minimum Gasteiger partial charge on any atom is -0.376 e. The number of nitrogens with one attached hydrogen (secondary N) is 2. The van der Waals surface area contributed by atoms with Crippen molar-refractivity contribution >= 4 is 39.4 Å². The Bertz CT molecular complexity index is 775. The highest BCUT2D eigenvalue weighted by molar-refractivity contribution is 9.10. The van der Waals surface area contributed by atoms with Gasteiger partial charge in [-0.2, -0.15) is 5.10 Å². The van der Waals surface area contributed by atoms with Crippen molar-refractivity contribution in [2.45, 2.75) is 6.92 Å². The molecule has 0 saturated heterocycles. The number of halogens is 1. The van der Waals surface area contributed by atoms with Gasteiger partial charge in [0.2, 0.25) is 0 Å². The van der Waals surface area contributed by atoms with E-state index in [1.165, 1.54) is 12.3 Å². The van der Waals surface area contributed by atoms with E-state index in [9.17, 15) is 14.9 Å². The predicted molar refractivity (Wildman–Crippen MR) is 96.2 cm³/mol. The van der Waals surface area contributed by atoms with Crippen molar-refractivity contribution in [1.82, 2.24) is 5.43 Å². The molecule has 0 saturated carbocycles. The Hall–Kier alpha value is -2.74. The zero-order valence-electron chi connectivity index (χ0n) is 12.8. The highest BCUT2D eigenvalue weighted by Gasteiger charge is 2.11. The molecule has 1 amide bonds. The highest BCUT2D eigenvalue weighted by atomic mass is 79.9. The lowest BCUT2D eigenvalue weighted by Gasteiger charge is -2.05. The van der Waals surface area contributed by atoms with Gasteiger partial charge >= 0.3 is 0 Å². The fraction of sp³-hybridized carbons (Fsp3) is 0.125. The third-order valence-corrected chi connectivity index (χ3v) is 3.74. The van der Waals surface area contributed by atoms with E-state index in [-0.39, 0.29) is 18.1 Å². The molecule has 0 radical (unpaired) electrons. The Morgan fingerprint density at radius 1 is 1.29 bits per heavy atom. The third kappa shape index (κ3) is 5.17. The summed E-state index contributed by atoms with van der Waals surface area (Å²) in [7, 11) is 0. The van der Waals surface area contributed by atoms with Gasteiger partial charge in [0.25, 0.3) is 11.6 Å². The van der Waals surface area contributed by atoms with E-state index in [1.54, 1.807) is 12.1 Å². The number of nitro groups is 1. The van der Waals surface area contributed by atoms with Crippen LogP contribution in [0.15, 0.2) is 52.0 Å². The van der Waals surface area contributed by atoms with Crippen LogP contribution in [0.2, 0.25) is 0 Å². The summed E-state index contributed by atoms with van der Waals surface area (Å²) in [4.78, 5) is 22.1. The first kappa shape index (κ1) is 17.6. The van der Waals surface area contributed by atoms with Gasteiger partial charge in [0, 0.05) is 17.3 Å². The number of aryl methyl sites for hydroxylation is 1. The topological polar surface area (TPSA) is 96.6 Å². The van der Waals surface area contributed by atoms with Crippen molar-refractivity contribution in [3.63, 3.8) is 0 Å². The molecular formula is C16H15BrN4O3. The Morgan fingerprint density at radius 3 is 2.67 bits per heavy atom. The summed E-state index contributed by atoms with van der Waals surface area (Å²) in [5.41, 5.74) is 4.78. The predicted octanol–water partition coefficient (Wildman–Crippen LogP) is 3.23. The lowest BCUT2D eigenvalue weighted by atomic mass is 10.2. The molecule has 124 valence electrons. The Morgan fingerprint density at radius 2 is 2.00 bits per heavy atom. The van der Waals surface area contributed by atoms with Crippen LogP contribution in [0.1, 0.15) is 11.1 Å². The minimum atomic E-state index is -0.495. The smallest absolute Gasteiger partial charge is 0.284 e. The first-order valence-electron chi connectivity index (χ1n) is 7.02. The number of rotatable bonds is 6. The van der Waals surface area contributed by atoms with Crippen molar-refractivity contribution in [1.29, 1.82) is 0 Å². The van der Waals surface area contributed by atoms with Crippen LogP contribution < -0.4 is 10.7 Å². The first-order valence-corrected chi connectivity index (χ1v) is 7.81. The summed E-state index contributed by atoms with van der Waals surface area (Å²) < 4.78 is 0.385. The van der Waals surface area contributed by atoms with Gasteiger partial charge in [-0.3, -0.25) is 14.9 Å². The largest absolute Gasteiger partial charge is 0.376 e. The number of hydrogen-bond donors (Lipinski definition) is 2. The molecule has 0 heterocycles. The second-order valence-electron chi connectivity index (χ2n) is 4.98. The molecule has 0 spiro atoms. The molecule has 0 aliphatic heterocycles. The van der Waals surface area contributed by atoms with Crippen molar-refractivity contribution in [2.75, 3.05) is 11.9 Å². The molecule has 8 heteroatoms. The number of amides is 1. The molecule has 0 atom stereocenters. The molecular weight excluding hydrogens is 376 g/mol. The van der Waals surface area contributed by atoms with Crippen LogP contribution in [0.3, 0.4) is 0 Å². The van der Waals surface area contributed by atoms with Gasteiger partial charge in [0.15, 0.2) is 0 Å². The van der Waals surface area contributed by atoms with Crippen molar-refractivity contribution in [2.24, 2.45) is 5.10 Å². The highest BCUT2D eigenvalue weighted by Crippen LogP contribution is 2.24. The van der Waals surface area contributed by atoms with Crippen LogP contribution in [0.25, 0.3) is 0 Å². The summed E-state index contributed by atoms with van der Waals surface area (Å²) >= 11 is 3.11. The number of anilines is 1. The molecule has 24 heavy (non-hydrogen) atoms. The van der Waals surface area contributed by atoms with E-state index in [1.807, 2.05) is 31.2 Å². The molecule has 0 aliphatic rings. The van der Waals surface area contributed by atoms with E-state index in [0.717, 1.165) is 11.3 Å². The first-order chi connectivity index (χ1) is 11.5. The van der Waals surface area contributed by atoms with Crippen LogP contribution in [0.5, 0.6) is 0 Å². The van der Waals surface area contributed by atoms with Gasteiger partial charge in [0.05, 0.1) is 22.2 Å². The standard InChI is InChI=1S/C16H15BrN4O3/c1-11-2-5-13(6-3-11)18-10-16(22)20-19-9-12-4-7-14(17)15(8-12)21(23)24/h2-9,18H,10H2,1H3,(H,20,22)/b19-9+. The SMILES string of the molecule is Cc1ccc(NCC(=O)N/N=C/c2ccc(Br)c([N+](=O)[O-])c2)cc1.